The van der Waals surface area contributed by atoms with Crippen LogP contribution >= 0.6 is 11.6 Å². The van der Waals surface area contributed by atoms with E-state index < -0.39 is 0 Å². The summed E-state index contributed by atoms with van der Waals surface area (Å²) < 4.78 is 5.34. The van der Waals surface area contributed by atoms with Crippen LogP contribution in [0.3, 0.4) is 0 Å². The van der Waals surface area contributed by atoms with E-state index in [-0.39, 0.29) is 6.04 Å². The average molecular weight is 243 g/mol. The van der Waals surface area contributed by atoms with Gasteiger partial charge in [0.2, 0.25) is 0 Å². The summed E-state index contributed by atoms with van der Waals surface area (Å²) in [5, 5.41) is 0.743. The topological polar surface area (TPSA) is 38.5 Å². The molecule has 4 heteroatoms. The number of anilines is 1. The number of nitrogens with zero attached hydrogens (tertiary/aromatic N) is 1. The van der Waals surface area contributed by atoms with Gasteiger partial charge in [-0.3, -0.25) is 0 Å². The third-order valence-corrected chi connectivity index (χ3v) is 2.84. The highest BCUT2D eigenvalue weighted by Crippen LogP contribution is 2.33. The number of halogens is 1. The molecule has 0 amide bonds. The summed E-state index contributed by atoms with van der Waals surface area (Å²) in [6, 6.07) is 3.96. The van der Waals surface area contributed by atoms with E-state index in [1.807, 2.05) is 33.0 Å². The van der Waals surface area contributed by atoms with Crippen molar-refractivity contribution in [3.05, 3.63) is 22.7 Å². The van der Waals surface area contributed by atoms with E-state index in [0.717, 1.165) is 28.6 Å². The number of hydrogen-bond acceptors (Lipinski definition) is 3. The fourth-order valence-corrected chi connectivity index (χ4v) is 1.79. The molecule has 0 radical (unpaired) electrons. The van der Waals surface area contributed by atoms with Crippen LogP contribution in [0, 0.1) is 6.92 Å². The largest absolute Gasteiger partial charge is 0.495 e. The molecule has 0 heterocycles. The maximum absolute atomic E-state index is 6.11. The molecule has 1 aromatic rings. The fraction of sp³-hybridized carbons (Fsp3) is 0.500. The van der Waals surface area contributed by atoms with Crippen LogP contribution in [0.15, 0.2) is 12.1 Å². The Morgan fingerprint density at radius 1 is 1.50 bits per heavy atom. The van der Waals surface area contributed by atoms with Gasteiger partial charge in [0, 0.05) is 24.7 Å². The summed E-state index contributed by atoms with van der Waals surface area (Å²) in [7, 11) is 3.64. The minimum atomic E-state index is 0.106. The normalized spacial score (nSPS) is 12.4. The van der Waals surface area contributed by atoms with Crippen molar-refractivity contribution in [2.24, 2.45) is 5.73 Å². The van der Waals surface area contributed by atoms with Gasteiger partial charge >= 0.3 is 0 Å². The Morgan fingerprint density at radius 2 is 2.12 bits per heavy atom. The second-order valence-corrected chi connectivity index (χ2v) is 4.54. The van der Waals surface area contributed by atoms with Gasteiger partial charge in [-0.15, -0.1) is 0 Å². The second-order valence-electron chi connectivity index (χ2n) is 4.13. The number of methoxy groups -OCH3 is 1. The molecule has 1 aromatic carbocycles. The van der Waals surface area contributed by atoms with Crippen LogP contribution in [0.5, 0.6) is 5.75 Å². The fourth-order valence-electron chi connectivity index (χ4n) is 1.64. The summed E-state index contributed by atoms with van der Waals surface area (Å²) >= 11 is 6.11. The number of ether oxygens (including phenoxy) is 1. The molecule has 0 bridgehead atoms. The van der Waals surface area contributed by atoms with Crippen molar-refractivity contribution in [2.75, 3.05) is 25.6 Å². The maximum atomic E-state index is 6.11. The lowest BCUT2D eigenvalue weighted by molar-refractivity contribution is 0.414. The second kappa shape index (κ2) is 5.41. The predicted octanol–water partition coefficient (Wildman–Crippen LogP) is 2.44. The lowest BCUT2D eigenvalue weighted by Gasteiger charge is -2.24. The molecule has 2 N–H and O–H groups in total. The Bertz CT molecular complexity index is 366. The molecule has 0 saturated heterocycles. The van der Waals surface area contributed by atoms with Crippen molar-refractivity contribution >= 4 is 17.3 Å². The van der Waals surface area contributed by atoms with Crippen LogP contribution in [0.2, 0.25) is 5.02 Å². The van der Waals surface area contributed by atoms with Gasteiger partial charge in [-0.1, -0.05) is 11.6 Å². The molecule has 16 heavy (non-hydrogen) atoms. The number of aryl methyl sites for hydroxylation is 1. The van der Waals surface area contributed by atoms with E-state index in [2.05, 4.69) is 4.90 Å². The molecule has 90 valence electrons. The molecule has 0 aliphatic carbocycles. The molecule has 0 aliphatic heterocycles. The summed E-state index contributed by atoms with van der Waals surface area (Å²) in [6.07, 6.45) is 0. The van der Waals surface area contributed by atoms with Crippen LogP contribution in [-0.4, -0.2) is 26.7 Å². The highest BCUT2D eigenvalue weighted by atomic mass is 35.5. The van der Waals surface area contributed by atoms with Crippen LogP contribution in [0.1, 0.15) is 12.5 Å². The minimum Gasteiger partial charge on any atom is -0.495 e. The van der Waals surface area contributed by atoms with Gasteiger partial charge in [-0.05, 0) is 31.5 Å². The number of hydrogen-bond donors (Lipinski definition) is 1. The first kappa shape index (κ1) is 13.1. The summed E-state index contributed by atoms with van der Waals surface area (Å²) in [6.45, 7) is 4.69. The Hall–Kier alpha value is -0.930. The number of nitrogens with two attached hydrogens (primary N) is 1. The van der Waals surface area contributed by atoms with E-state index in [9.17, 15) is 0 Å². The van der Waals surface area contributed by atoms with Gasteiger partial charge in [0.1, 0.15) is 5.75 Å². The Labute approximate surface area is 102 Å². The van der Waals surface area contributed by atoms with Gasteiger partial charge < -0.3 is 15.4 Å². The first-order valence-corrected chi connectivity index (χ1v) is 5.64. The molecule has 1 rings (SSSR count). The molecular formula is C12H19ClN2O. The van der Waals surface area contributed by atoms with E-state index in [1.165, 1.54) is 0 Å². The van der Waals surface area contributed by atoms with Gasteiger partial charge in [-0.25, -0.2) is 0 Å². The SMILES string of the molecule is COc1cc(C)c(Cl)cc1N(C)CC(C)N. The van der Waals surface area contributed by atoms with Crippen molar-refractivity contribution in [1.29, 1.82) is 0 Å². The molecule has 0 fully saturated rings. The summed E-state index contributed by atoms with van der Waals surface area (Å²) in [5.41, 5.74) is 7.75. The highest BCUT2D eigenvalue weighted by Gasteiger charge is 2.12. The van der Waals surface area contributed by atoms with Crippen molar-refractivity contribution in [2.45, 2.75) is 19.9 Å². The van der Waals surface area contributed by atoms with Gasteiger partial charge in [0.25, 0.3) is 0 Å². The van der Waals surface area contributed by atoms with Crippen LogP contribution in [-0.2, 0) is 0 Å². The molecule has 1 unspecified atom stereocenters. The minimum absolute atomic E-state index is 0.106. The zero-order valence-corrected chi connectivity index (χ0v) is 11.0. The van der Waals surface area contributed by atoms with E-state index in [0.29, 0.717) is 0 Å². The average Bonchev–Trinajstić information content (AvgIpc) is 2.20. The van der Waals surface area contributed by atoms with Crippen LogP contribution in [0.25, 0.3) is 0 Å². The van der Waals surface area contributed by atoms with E-state index >= 15 is 0 Å². The van der Waals surface area contributed by atoms with Gasteiger partial charge in [0.05, 0.1) is 12.8 Å². The van der Waals surface area contributed by atoms with Gasteiger partial charge in [0.15, 0.2) is 0 Å². The Balaban J connectivity index is 3.06. The lowest BCUT2D eigenvalue weighted by Crippen LogP contribution is -2.33. The van der Waals surface area contributed by atoms with E-state index in [1.54, 1.807) is 7.11 Å². The molecule has 0 aliphatic rings. The molecular weight excluding hydrogens is 224 g/mol. The number of benzene rings is 1. The van der Waals surface area contributed by atoms with Crippen molar-refractivity contribution < 1.29 is 4.74 Å². The van der Waals surface area contributed by atoms with E-state index in [4.69, 9.17) is 22.1 Å². The number of rotatable bonds is 4. The molecule has 3 nitrogen and oxygen atoms in total. The zero-order chi connectivity index (χ0) is 12.3. The van der Waals surface area contributed by atoms with Crippen LogP contribution < -0.4 is 15.4 Å². The first-order chi connectivity index (χ1) is 7.45. The van der Waals surface area contributed by atoms with Crippen molar-refractivity contribution in [3.63, 3.8) is 0 Å². The molecule has 0 spiro atoms. The lowest BCUT2D eigenvalue weighted by atomic mass is 10.2. The summed E-state index contributed by atoms with van der Waals surface area (Å²) in [5.74, 6) is 0.824. The quantitative estimate of drug-likeness (QED) is 0.882. The van der Waals surface area contributed by atoms with Crippen molar-refractivity contribution in [3.8, 4) is 5.75 Å². The first-order valence-electron chi connectivity index (χ1n) is 5.26. The van der Waals surface area contributed by atoms with Gasteiger partial charge in [-0.2, -0.15) is 0 Å². The zero-order valence-electron chi connectivity index (χ0n) is 10.2. The monoisotopic (exact) mass is 242 g/mol. The summed E-state index contributed by atoms with van der Waals surface area (Å²) in [4.78, 5) is 2.05. The predicted molar refractivity (Wildman–Crippen MR) is 69.7 cm³/mol. The smallest absolute Gasteiger partial charge is 0.142 e. The Kier molecular flexibility index (Phi) is 4.44. The Morgan fingerprint density at radius 3 is 2.62 bits per heavy atom. The molecule has 1 atom stereocenters. The van der Waals surface area contributed by atoms with Crippen molar-refractivity contribution in [1.82, 2.24) is 0 Å². The highest BCUT2D eigenvalue weighted by molar-refractivity contribution is 6.31. The third-order valence-electron chi connectivity index (χ3n) is 2.43. The van der Waals surface area contributed by atoms with Crippen LogP contribution in [0.4, 0.5) is 5.69 Å². The molecule has 0 saturated carbocycles. The maximum Gasteiger partial charge on any atom is 0.142 e. The third kappa shape index (κ3) is 3.03. The number of likely N-dealkylation sites (N-methyl/N-ethyl adjacent to an activating group) is 1. The standard InChI is InChI=1S/C12H19ClN2O/c1-8-5-12(16-4)11(6-10(8)13)15(3)7-9(2)14/h5-6,9H,7,14H2,1-4H3. The molecule has 0 aromatic heterocycles.